The number of benzene rings is 1. The van der Waals surface area contributed by atoms with Crippen LogP contribution in [0.4, 0.5) is 18.9 Å². The average Bonchev–Trinajstić information content (AvgIpc) is 3.53. The molecule has 3 aromatic rings. The highest BCUT2D eigenvalue weighted by Gasteiger charge is 2.34. The number of carbonyl (C=O) groups is 1. The van der Waals surface area contributed by atoms with E-state index in [0.717, 1.165) is 72.9 Å². The normalized spacial score (nSPS) is 18.3. The van der Waals surface area contributed by atoms with Gasteiger partial charge in [-0.2, -0.15) is 13.2 Å². The molecule has 228 valence electrons. The van der Waals surface area contributed by atoms with Gasteiger partial charge in [-0.1, -0.05) is 25.1 Å². The van der Waals surface area contributed by atoms with Gasteiger partial charge in [-0.25, -0.2) is 4.98 Å². The van der Waals surface area contributed by atoms with Crippen LogP contribution >= 0.6 is 22.9 Å². The Morgan fingerprint density at radius 1 is 1.14 bits per heavy atom. The number of halogens is 4. The first-order valence-corrected chi connectivity index (χ1v) is 15.0. The van der Waals surface area contributed by atoms with E-state index in [0.29, 0.717) is 36.8 Å². The van der Waals surface area contributed by atoms with Gasteiger partial charge in [-0.3, -0.25) is 19.6 Å². The van der Waals surface area contributed by atoms with Crippen molar-refractivity contribution < 1.29 is 23.1 Å². The molecule has 0 unspecified atom stereocenters. The molecule has 4 heterocycles. The fourth-order valence-corrected chi connectivity index (χ4v) is 6.86. The van der Waals surface area contributed by atoms with Gasteiger partial charge in [0.1, 0.15) is 0 Å². The third-order valence-electron chi connectivity index (χ3n) is 7.84. The van der Waals surface area contributed by atoms with Gasteiger partial charge in [-0.05, 0) is 50.6 Å². The Hall–Kier alpha value is -2.73. The molecule has 0 amide bonds. The number of hydrogen-bond donors (Lipinski definition) is 1. The summed E-state index contributed by atoms with van der Waals surface area (Å²) in [6.07, 6.45) is 0.0383. The van der Waals surface area contributed by atoms with Crippen LogP contribution in [0.5, 0.6) is 0 Å². The lowest BCUT2D eigenvalue weighted by Gasteiger charge is -2.36. The molecular formula is C30H37ClF3N5O2S. The Bertz CT molecular complexity index is 1380. The molecule has 2 fully saturated rings. The number of anilines is 1. The number of pyridine rings is 1. The molecule has 7 nitrogen and oxygen atoms in total. The van der Waals surface area contributed by atoms with Crippen molar-refractivity contribution in [2.75, 3.05) is 44.2 Å². The number of alkyl halides is 3. The van der Waals surface area contributed by atoms with Crippen molar-refractivity contribution >= 4 is 34.6 Å². The molecule has 2 aliphatic rings. The minimum absolute atomic E-state index is 0. The topological polar surface area (TPSA) is 72.8 Å². The number of piperazine rings is 1. The van der Waals surface area contributed by atoms with Crippen molar-refractivity contribution in [2.24, 2.45) is 0 Å². The monoisotopic (exact) mass is 623 g/mol. The number of rotatable bonds is 9. The molecule has 1 atom stereocenters. The number of nitrogens with zero attached hydrogens (tertiary/aromatic N) is 5. The number of hydrogen-bond acceptors (Lipinski definition) is 7. The summed E-state index contributed by atoms with van der Waals surface area (Å²) < 4.78 is 41.0. The maximum atomic E-state index is 13.7. The Kier molecular flexibility index (Phi) is 10.5. The summed E-state index contributed by atoms with van der Waals surface area (Å²) >= 11 is 7.44. The summed E-state index contributed by atoms with van der Waals surface area (Å²) in [4.78, 5) is 28.0. The van der Waals surface area contributed by atoms with Gasteiger partial charge < -0.3 is 10.0 Å². The molecule has 5 rings (SSSR count). The van der Waals surface area contributed by atoms with Crippen molar-refractivity contribution in [3.8, 4) is 11.3 Å². The van der Waals surface area contributed by atoms with E-state index in [1.165, 1.54) is 17.4 Å². The van der Waals surface area contributed by atoms with Crippen LogP contribution in [-0.4, -0.2) is 76.2 Å². The molecule has 0 radical (unpaired) electrons. The molecule has 0 bridgehead atoms. The third kappa shape index (κ3) is 7.80. The summed E-state index contributed by atoms with van der Waals surface area (Å²) in [6.45, 7) is 7.49. The Morgan fingerprint density at radius 3 is 2.57 bits per heavy atom. The molecule has 2 aromatic heterocycles. The van der Waals surface area contributed by atoms with Crippen molar-refractivity contribution in [1.29, 1.82) is 0 Å². The summed E-state index contributed by atoms with van der Waals surface area (Å²) in [6, 6.07) is 8.44. The standard InChI is InChI=1S/C29H33ClF3N5O2S.CH4/c1-19-3-2-9-38(19)18-25-28(20-4-5-24(30)23(15-20)29(31,32)33)35-26(41-25)17-21-16-22(6-8-34-21)37-13-11-36(12-14-37)10-7-27(39)40;/h4-6,8,15-16,19H,2-3,7,9-14,17-18H2,1H3,(H,39,40);1H4/t19-;/m1./s1. The predicted molar refractivity (Wildman–Crippen MR) is 161 cm³/mol. The van der Waals surface area contributed by atoms with E-state index < -0.39 is 17.7 Å². The van der Waals surface area contributed by atoms with Crippen molar-refractivity contribution in [2.45, 2.75) is 58.8 Å². The highest BCUT2D eigenvalue weighted by molar-refractivity contribution is 7.12. The van der Waals surface area contributed by atoms with E-state index in [1.54, 1.807) is 12.3 Å². The van der Waals surface area contributed by atoms with Gasteiger partial charge in [0.2, 0.25) is 0 Å². The number of likely N-dealkylation sites (tertiary alicyclic amines) is 1. The zero-order valence-electron chi connectivity index (χ0n) is 22.8. The summed E-state index contributed by atoms with van der Waals surface area (Å²) in [7, 11) is 0. The molecule has 12 heteroatoms. The molecule has 42 heavy (non-hydrogen) atoms. The van der Waals surface area contributed by atoms with Gasteiger partial charge in [0, 0.05) is 79.7 Å². The highest BCUT2D eigenvalue weighted by atomic mass is 35.5. The second-order valence-electron chi connectivity index (χ2n) is 10.7. The first kappa shape index (κ1) is 32.2. The van der Waals surface area contributed by atoms with Crippen molar-refractivity contribution in [3.05, 3.63) is 62.7 Å². The average molecular weight is 624 g/mol. The zero-order chi connectivity index (χ0) is 29.1. The Labute approximate surface area is 253 Å². The smallest absolute Gasteiger partial charge is 0.417 e. The number of carboxylic acids is 1. The second-order valence-corrected chi connectivity index (χ2v) is 12.3. The molecule has 1 aromatic carbocycles. The van der Waals surface area contributed by atoms with E-state index in [9.17, 15) is 18.0 Å². The summed E-state index contributed by atoms with van der Waals surface area (Å²) in [5.41, 5.74) is 2.00. The van der Waals surface area contributed by atoms with Crippen LogP contribution in [0.3, 0.4) is 0 Å². The Morgan fingerprint density at radius 2 is 1.90 bits per heavy atom. The number of aliphatic carboxylic acids is 1. The van der Waals surface area contributed by atoms with E-state index in [-0.39, 0.29) is 18.9 Å². The lowest BCUT2D eigenvalue weighted by Crippen LogP contribution is -2.47. The second kappa shape index (κ2) is 13.7. The highest BCUT2D eigenvalue weighted by Crippen LogP contribution is 2.39. The third-order valence-corrected chi connectivity index (χ3v) is 9.21. The van der Waals surface area contributed by atoms with E-state index in [4.69, 9.17) is 21.7 Å². The largest absolute Gasteiger partial charge is 0.481 e. The van der Waals surface area contributed by atoms with E-state index in [1.807, 2.05) is 12.1 Å². The van der Waals surface area contributed by atoms with Crippen molar-refractivity contribution in [1.82, 2.24) is 19.8 Å². The van der Waals surface area contributed by atoms with Crippen LogP contribution < -0.4 is 4.90 Å². The fourth-order valence-electron chi connectivity index (χ4n) is 5.51. The number of thiazole rings is 1. The zero-order valence-corrected chi connectivity index (χ0v) is 24.4. The van der Waals surface area contributed by atoms with Gasteiger partial charge >= 0.3 is 12.1 Å². The van der Waals surface area contributed by atoms with Crippen LogP contribution in [0.15, 0.2) is 36.5 Å². The maximum Gasteiger partial charge on any atom is 0.417 e. The summed E-state index contributed by atoms with van der Waals surface area (Å²) in [5, 5.41) is 9.42. The lowest BCUT2D eigenvalue weighted by atomic mass is 10.1. The molecule has 2 saturated heterocycles. The molecule has 0 spiro atoms. The Balaban J connectivity index is 0.00000405. The van der Waals surface area contributed by atoms with Gasteiger partial charge in [0.15, 0.2) is 0 Å². The SMILES string of the molecule is C.C[C@@H]1CCCN1Cc1sc(Cc2cc(N3CCN(CCC(=O)O)CC3)ccn2)nc1-c1ccc(Cl)c(C(F)(F)F)c1. The minimum atomic E-state index is -4.55. The molecular weight excluding hydrogens is 587 g/mol. The lowest BCUT2D eigenvalue weighted by molar-refractivity contribution is -0.138. The van der Waals surface area contributed by atoms with Crippen LogP contribution in [0, 0.1) is 0 Å². The first-order chi connectivity index (χ1) is 19.6. The maximum absolute atomic E-state index is 13.7. The quantitative estimate of drug-likeness (QED) is 0.285. The predicted octanol–water partition coefficient (Wildman–Crippen LogP) is 6.69. The molecule has 0 aliphatic carbocycles. The van der Waals surface area contributed by atoms with Crippen LogP contribution in [-0.2, 0) is 23.9 Å². The minimum Gasteiger partial charge on any atom is -0.481 e. The number of aromatic nitrogens is 2. The van der Waals surface area contributed by atoms with Crippen LogP contribution in [0.25, 0.3) is 11.3 Å². The van der Waals surface area contributed by atoms with E-state index in [2.05, 4.69) is 26.6 Å². The molecule has 1 N–H and O–H groups in total. The van der Waals surface area contributed by atoms with Gasteiger partial charge in [-0.15, -0.1) is 11.3 Å². The van der Waals surface area contributed by atoms with Crippen molar-refractivity contribution in [3.63, 3.8) is 0 Å². The summed E-state index contributed by atoms with van der Waals surface area (Å²) in [5.74, 6) is -0.786. The molecule has 2 aliphatic heterocycles. The number of carboxylic acid groups (broad SMARTS) is 1. The van der Waals surface area contributed by atoms with Gasteiger partial charge in [0.25, 0.3) is 0 Å². The van der Waals surface area contributed by atoms with E-state index >= 15 is 0 Å². The first-order valence-electron chi connectivity index (χ1n) is 13.8. The van der Waals surface area contributed by atoms with Crippen LogP contribution in [0.2, 0.25) is 5.02 Å². The molecule has 0 saturated carbocycles. The van der Waals surface area contributed by atoms with Gasteiger partial charge in [0.05, 0.1) is 27.7 Å². The fraction of sp³-hybridized carbons (Fsp3) is 0.500. The van der Waals surface area contributed by atoms with Crippen LogP contribution in [0.1, 0.15) is 54.8 Å².